The molecule has 0 atom stereocenters. The lowest BCUT2D eigenvalue weighted by molar-refractivity contribution is -0.0498. The Kier molecular flexibility index (Phi) is 13.7. The fraction of sp³-hybridized carbons (Fsp3) is 0.118. The molecule has 0 aliphatic carbocycles. The number of rotatable bonds is 11. The van der Waals surface area contributed by atoms with E-state index in [9.17, 15) is 8.78 Å². The van der Waals surface area contributed by atoms with Crippen molar-refractivity contribution in [3.8, 4) is 39.5 Å². The summed E-state index contributed by atoms with van der Waals surface area (Å²) in [5.41, 5.74) is 14.1. The molecule has 0 bridgehead atoms. The number of imidazole rings is 3. The van der Waals surface area contributed by atoms with Gasteiger partial charge in [0.1, 0.15) is 22.7 Å². The standard InChI is InChI=1S/C22H22N4.C15H13F2N3O.C14H12BrN3/c1-23-19-12-13-26-16-21(24-22(26)14-19)18-8-10-20(11-9-18)25(2)15-17-6-4-3-5-7-17;1-18-11-6-7-20-9-13(19-14(20)8-11)10-2-4-12(5-3-10)21-15(16)17;1-16-12-6-7-18-9-13(17-14(18)8-12)10-2-4-11(15)5-3-10/h3-14,16,23H,15H2,1-2H3;2-9,15,18H,1H3;2-9,16H,1H3. The van der Waals surface area contributed by atoms with Crippen LogP contribution in [-0.2, 0) is 6.54 Å². The van der Waals surface area contributed by atoms with Crippen LogP contribution in [0.15, 0.2) is 181 Å². The molecule has 0 spiro atoms. The van der Waals surface area contributed by atoms with Crippen LogP contribution in [0.25, 0.3) is 50.7 Å². The second-order valence-corrected chi connectivity index (χ2v) is 15.9. The van der Waals surface area contributed by atoms with Crippen LogP contribution in [0, 0.1) is 0 Å². The lowest BCUT2D eigenvalue weighted by Gasteiger charge is -2.19. The second-order valence-electron chi connectivity index (χ2n) is 15.0. The first-order valence-corrected chi connectivity index (χ1v) is 21.6. The van der Waals surface area contributed by atoms with Gasteiger partial charge in [0.05, 0.1) is 17.1 Å². The molecule has 3 N–H and O–H groups in total. The van der Waals surface area contributed by atoms with Crippen LogP contribution >= 0.6 is 15.9 Å². The lowest BCUT2D eigenvalue weighted by atomic mass is 10.1. The van der Waals surface area contributed by atoms with Gasteiger partial charge in [-0.05, 0) is 72.3 Å². The molecule has 4 aromatic carbocycles. The van der Waals surface area contributed by atoms with Gasteiger partial charge in [0.2, 0.25) is 0 Å². The summed E-state index contributed by atoms with van der Waals surface area (Å²) >= 11 is 3.44. The average molecular weight is 934 g/mol. The highest BCUT2D eigenvalue weighted by Gasteiger charge is 2.10. The summed E-state index contributed by atoms with van der Waals surface area (Å²) in [6.45, 7) is -1.92. The summed E-state index contributed by atoms with van der Waals surface area (Å²) in [6, 6.07) is 45.7. The van der Waals surface area contributed by atoms with Crippen molar-refractivity contribution in [2.75, 3.05) is 49.0 Å². The minimum absolute atomic E-state index is 0.134. The zero-order valence-corrected chi connectivity index (χ0v) is 37.8. The number of alkyl halides is 2. The number of halogens is 3. The number of hydrogen-bond acceptors (Lipinski definition) is 8. The molecule has 0 fully saturated rings. The number of benzene rings is 4. The highest BCUT2D eigenvalue weighted by molar-refractivity contribution is 9.10. The molecule has 10 rings (SSSR count). The van der Waals surface area contributed by atoms with Crippen molar-refractivity contribution in [1.29, 1.82) is 0 Å². The third kappa shape index (κ3) is 10.9. The van der Waals surface area contributed by atoms with Gasteiger partial charge in [-0.1, -0.05) is 70.5 Å². The van der Waals surface area contributed by atoms with E-state index in [1.165, 1.54) is 23.4 Å². The molecule has 0 saturated heterocycles. The van der Waals surface area contributed by atoms with Crippen molar-refractivity contribution >= 4 is 55.6 Å². The zero-order chi connectivity index (χ0) is 45.3. The predicted octanol–water partition coefficient (Wildman–Crippen LogP) is 12.1. The maximum atomic E-state index is 12.1. The Hall–Kier alpha value is -7.71. The van der Waals surface area contributed by atoms with Crippen molar-refractivity contribution in [3.63, 3.8) is 0 Å². The van der Waals surface area contributed by atoms with Crippen molar-refractivity contribution in [2.45, 2.75) is 13.2 Å². The van der Waals surface area contributed by atoms with Gasteiger partial charge in [0.15, 0.2) is 0 Å². The van der Waals surface area contributed by atoms with E-state index in [1.807, 2.05) is 120 Å². The van der Waals surface area contributed by atoms with E-state index in [1.54, 1.807) is 12.1 Å². The van der Waals surface area contributed by atoms with E-state index >= 15 is 0 Å². The molecule has 10 aromatic rings. The van der Waals surface area contributed by atoms with Crippen LogP contribution < -0.4 is 25.6 Å². The van der Waals surface area contributed by atoms with E-state index in [0.29, 0.717) is 0 Å². The topological polar surface area (TPSA) is 100 Å². The molecule has 0 aliphatic heterocycles. The van der Waals surface area contributed by atoms with E-state index in [-0.39, 0.29) is 5.75 Å². The molecular weight excluding hydrogens is 887 g/mol. The second kappa shape index (κ2) is 20.2. The minimum Gasteiger partial charge on any atom is -0.435 e. The maximum absolute atomic E-state index is 12.1. The first-order valence-electron chi connectivity index (χ1n) is 20.8. The highest BCUT2D eigenvalue weighted by Crippen LogP contribution is 2.27. The van der Waals surface area contributed by atoms with E-state index in [2.05, 4.69) is 125 Å². The van der Waals surface area contributed by atoms with Crippen molar-refractivity contribution in [1.82, 2.24) is 28.2 Å². The molecule has 0 radical (unpaired) electrons. The largest absolute Gasteiger partial charge is 0.435 e. The molecule has 65 heavy (non-hydrogen) atoms. The Morgan fingerprint density at radius 2 is 0.954 bits per heavy atom. The Bertz CT molecular complexity index is 3120. The smallest absolute Gasteiger partial charge is 0.387 e. The van der Waals surface area contributed by atoms with Gasteiger partial charge >= 0.3 is 6.61 Å². The number of nitrogens with zero attached hydrogens (tertiary/aromatic N) is 7. The van der Waals surface area contributed by atoms with Gasteiger partial charge in [-0.3, -0.25) is 0 Å². The number of fused-ring (bicyclic) bond motifs is 3. The Morgan fingerprint density at radius 1 is 0.554 bits per heavy atom. The zero-order valence-electron chi connectivity index (χ0n) is 36.2. The van der Waals surface area contributed by atoms with Crippen LogP contribution in [0.1, 0.15) is 5.56 Å². The van der Waals surface area contributed by atoms with Gasteiger partial charge < -0.3 is 38.8 Å². The molecule has 0 unspecified atom stereocenters. The molecule has 0 saturated carbocycles. The summed E-state index contributed by atoms with van der Waals surface area (Å²) in [4.78, 5) is 16.1. The van der Waals surface area contributed by atoms with E-state index in [0.717, 1.165) is 78.8 Å². The van der Waals surface area contributed by atoms with Crippen LogP contribution in [-0.4, -0.2) is 63.0 Å². The third-order valence-electron chi connectivity index (χ3n) is 10.6. The molecule has 0 amide bonds. The molecule has 0 aliphatic rings. The summed E-state index contributed by atoms with van der Waals surface area (Å²) in [6.07, 6.45) is 11.9. The Labute approximate surface area is 384 Å². The normalized spacial score (nSPS) is 10.9. The molecule has 328 valence electrons. The van der Waals surface area contributed by atoms with Crippen LogP contribution in [0.5, 0.6) is 5.75 Å². The molecular formula is C51H47BrF2N10O. The fourth-order valence-corrected chi connectivity index (χ4v) is 7.36. The van der Waals surface area contributed by atoms with Gasteiger partial charge in [-0.15, -0.1) is 0 Å². The van der Waals surface area contributed by atoms with Gasteiger partial charge in [-0.2, -0.15) is 8.78 Å². The number of hydrogen-bond donors (Lipinski definition) is 3. The number of anilines is 4. The lowest BCUT2D eigenvalue weighted by Crippen LogP contribution is -2.15. The third-order valence-corrected chi connectivity index (χ3v) is 11.2. The number of nitrogens with one attached hydrogen (secondary N) is 3. The van der Waals surface area contributed by atoms with Gasteiger partial charge in [0.25, 0.3) is 0 Å². The molecule has 14 heteroatoms. The van der Waals surface area contributed by atoms with Crippen LogP contribution in [0.3, 0.4) is 0 Å². The van der Waals surface area contributed by atoms with Gasteiger partial charge in [0, 0.05) is 134 Å². The molecule has 6 aromatic heterocycles. The first-order chi connectivity index (χ1) is 31.6. The van der Waals surface area contributed by atoms with E-state index < -0.39 is 6.61 Å². The predicted molar refractivity (Wildman–Crippen MR) is 263 cm³/mol. The monoisotopic (exact) mass is 932 g/mol. The van der Waals surface area contributed by atoms with Crippen molar-refractivity contribution in [3.05, 3.63) is 187 Å². The average Bonchev–Trinajstić information content (AvgIpc) is 4.09. The number of pyridine rings is 3. The SMILES string of the molecule is CNc1ccn2cc(-c3ccc(Br)cc3)nc2c1.CNc1ccn2cc(-c3ccc(N(C)Cc4ccccc4)cc3)nc2c1.CNc1ccn2cc(-c3ccc(OC(F)F)cc3)nc2c1. The summed E-state index contributed by atoms with van der Waals surface area (Å²) in [7, 11) is 7.79. The number of ether oxygens (including phenoxy) is 1. The Balaban J connectivity index is 0.000000135. The minimum atomic E-state index is -2.81. The van der Waals surface area contributed by atoms with Crippen LogP contribution in [0.2, 0.25) is 0 Å². The Morgan fingerprint density at radius 3 is 1.35 bits per heavy atom. The first kappa shape index (κ1) is 43.9. The van der Waals surface area contributed by atoms with Crippen molar-refractivity contribution in [2.24, 2.45) is 0 Å². The maximum Gasteiger partial charge on any atom is 0.387 e. The highest BCUT2D eigenvalue weighted by atomic mass is 79.9. The van der Waals surface area contributed by atoms with Crippen molar-refractivity contribution < 1.29 is 13.5 Å². The van der Waals surface area contributed by atoms with Gasteiger partial charge in [-0.25, -0.2) is 15.0 Å². The van der Waals surface area contributed by atoms with Crippen LogP contribution in [0.4, 0.5) is 31.5 Å². The molecule has 11 nitrogen and oxygen atoms in total. The number of aromatic nitrogens is 6. The molecule has 6 heterocycles. The summed E-state index contributed by atoms with van der Waals surface area (Å²) in [5.74, 6) is 0.134. The quantitative estimate of drug-likeness (QED) is 0.118. The fourth-order valence-electron chi connectivity index (χ4n) is 7.09. The summed E-state index contributed by atoms with van der Waals surface area (Å²) in [5, 5.41) is 9.32. The summed E-state index contributed by atoms with van der Waals surface area (Å²) < 4.78 is 35.6. The van der Waals surface area contributed by atoms with E-state index in [4.69, 9.17) is 4.98 Å².